The number of nitrogens with one attached hydrogen (secondary N) is 1. The molecule has 138 valence electrons. The molecule has 2 rings (SSSR count). The summed E-state index contributed by atoms with van der Waals surface area (Å²) in [6, 6.07) is 11.1. The van der Waals surface area contributed by atoms with Gasteiger partial charge in [-0.3, -0.25) is 4.79 Å². The van der Waals surface area contributed by atoms with Gasteiger partial charge in [0.1, 0.15) is 0 Å². The Bertz CT molecular complexity index is 776. The average molecular weight is 373 g/mol. The fourth-order valence-corrected chi connectivity index (χ4v) is 3.29. The van der Waals surface area contributed by atoms with Gasteiger partial charge in [0.25, 0.3) is 5.91 Å². The first-order valence-electron chi connectivity index (χ1n) is 8.05. The summed E-state index contributed by atoms with van der Waals surface area (Å²) in [5, 5.41) is 2.94. The lowest BCUT2D eigenvalue weighted by molar-refractivity contribution is 0.0947. The molecule has 2 aromatic rings. The largest absolute Gasteiger partial charge is 0.493 e. The Morgan fingerprint density at radius 2 is 1.81 bits per heavy atom. The van der Waals surface area contributed by atoms with Crippen LogP contribution >= 0.6 is 11.8 Å². The minimum absolute atomic E-state index is 0.144. The molecule has 0 aromatic heterocycles. The molecule has 0 radical (unpaired) electrons. The van der Waals surface area contributed by atoms with Gasteiger partial charge in [0.05, 0.1) is 26.9 Å². The van der Waals surface area contributed by atoms with Crippen LogP contribution in [0.2, 0.25) is 0 Å². The lowest BCUT2D eigenvalue weighted by atomic mass is 10.1. The second kappa shape index (κ2) is 9.77. The van der Waals surface area contributed by atoms with E-state index in [2.05, 4.69) is 11.9 Å². The minimum Gasteiger partial charge on any atom is -0.493 e. The SMILES string of the molecule is C=CCSc1ccccc1C(=O)NCc1ccc(OC)c(OC)c1OC. The number of ether oxygens (including phenoxy) is 3. The van der Waals surface area contributed by atoms with Crippen molar-refractivity contribution in [2.75, 3.05) is 27.1 Å². The van der Waals surface area contributed by atoms with Crippen molar-refractivity contribution in [3.8, 4) is 17.2 Å². The van der Waals surface area contributed by atoms with Crippen LogP contribution in [-0.4, -0.2) is 33.0 Å². The third-order valence-corrected chi connectivity index (χ3v) is 4.78. The number of rotatable bonds is 9. The van der Waals surface area contributed by atoms with Crippen LogP contribution in [0, 0.1) is 0 Å². The molecule has 0 aliphatic heterocycles. The number of methoxy groups -OCH3 is 3. The van der Waals surface area contributed by atoms with E-state index in [-0.39, 0.29) is 5.91 Å². The van der Waals surface area contributed by atoms with Gasteiger partial charge in [-0.1, -0.05) is 18.2 Å². The van der Waals surface area contributed by atoms with E-state index in [0.29, 0.717) is 29.4 Å². The van der Waals surface area contributed by atoms with E-state index in [9.17, 15) is 4.79 Å². The van der Waals surface area contributed by atoms with Gasteiger partial charge in [-0.25, -0.2) is 0 Å². The summed E-state index contributed by atoms with van der Waals surface area (Å²) < 4.78 is 16.1. The molecular formula is C20H23NO4S. The number of thioether (sulfide) groups is 1. The van der Waals surface area contributed by atoms with E-state index in [1.165, 1.54) is 0 Å². The molecule has 0 fully saturated rings. The van der Waals surface area contributed by atoms with Crippen LogP contribution in [0.3, 0.4) is 0 Å². The van der Waals surface area contributed by atoms with Crippen LogP contribution in [0.5, 0.6) is 17.2 Å². The Balaban J connectivity index is 2.19. The Labute approximate surface area is 158 Å². The normalized spacial score (nSPS) is 10.1. The fraction of sp³-hybridized carbons (Fsp3) is 0.250. The van der Waals surface area contributed by atoms with Gasteiger partial charge in [-0.2, -0.15) is 0 Å². The summed E-state index contributed by atoms with van der Waals surface area (Å²) in [7, 11) is 4.68. The molecule has 0 aliphatic rings. The van der Waals surface area contributed by atoms with Crippen molar-refractivity contribution in [3.63, 3.8) is 0 Å². The number of carbonyl (C=O) groups is 1. The lowest BCUT2D eigenvalue weighted by Crippen LogP contribution is -2.23. The van der Waals surface area contributed by atoms with Crippen LogP contribution in [0.1, 0.15) is 15.9 Å². The predicted octanol–water partition coefficient (Wildman–Crippen LogP) is 3.92. The predicted molar refractivity (Wildman–Crippen MR) is 105 cm³/mol. The molecule has 1 N–H and O–H groups in total. The van der Waals surface area contributed by atoms with Gasteiger partial charge in [0.15, 0.2) is 11.5 Å². The van der Waals surface area contributed by atoms with E-state index in [0.717, 1.165) is 16.2 Å². The van der Waals surface area contributed by atoms with Crippen LogP contribution < -0.4 is 19.5 Å². The first-order valence-corrected chi connectivity index (χ1v) is 9.03. The number of hydrogen-bond acceptors (Lipinski definition) is 5. The molecule has 1 amide bonds. The first kappa shape index (κ1) is 19.7. The van der Waals surface area contributed by atoms with Gasteiger partial charge in [-0.05, 0) is 24.3 Å². The minimum atomic E-state index is -0.144. The molecule has 0 saturated carbocycles. The summed E-state index contributed by atoms with van der Waals surface area (Å²) >= 11 is 1.58. The van der Waals surface area contributed by atoms with Crippen LogP contribution in [0.15, 0.2) is 53.9 Å². The van der Waals surface area contributed by atoms with E-state index >= 15 is 0 Å². The smallest absolute Gasteiger partial charge is 0.252 e. The molecule has 0 spiro atoms. The van der Waals surface area contributed by atoms with E-state index in [1.807, 2.05) is 36.4 Å². The first-order chi connectivity index (χ1) is 12.7. The summed E-state index contributed by atoms with van der Waals surface area (Å²) in [5.74, 6) is 2.22. The van der Waals surface area contributed by atoms with Crippen molar-refractivity contribution in [3.05, 3.63) is 60.2 Å². The third kappa shape index (κ3) is 4.52. The maximum atomic E-state index is 12.6. The van der Waals surface area contributed by atoms with Crippen LogP contribution in [0.25, 0.3) is 0 Å². The number of hydrogen-bond donors (Lipinski definition) is 1. The molecule has 6 heteroatoms. The number of carbonyl (C=O) groups excluding carboxylic acids is 1. The van der Waals surface area contributed by atoms with Gasteiger partial charge < -0.3 is 19.5 Å². The highest BCUT2D eigenvalue weighted by molar-refractivity contribution is 7.99. The molecule has 0 bridgehead atoms. The zero-order valence-corrected chi connectivity index (χ0v) is 16.0. The Kier molecular flexibility index (Phi) is 7.41. The summed E-state index contributed by atoms with van der Waals surface area (Å²) in [6.07, 6.45) is 1.81. The third-order valence-electron chi connectivity index (χ3n) is 3.71. The molecule has 2 aromatic carbocycles. The van der Waals surface area contributed by atoms with Crippen molar-refractivity contribution < 1.29 is 19.0 Å². The lowest BCUT2D eigenvalue weighted by Gasteiger charge is -2.16. The van der Waals surface area contributed by atoms with Crippen molar-refractivity contribution in [2.45, 2.75) is 11.4 Å². The molecule has 0 unspecified atom stereocenters. The molecule has 0 saturated heterocycles. The van der Waals surface area contributed by atoms with E-state index in [1.54, 1.807) is 39.2 Å². The average Bonchev–Trinajstić information content (AvgIpc) is 2.69. The maximum absolute atomic E-state index is 12.6. The highest BCUT2D eigenvalue weighted by atomic mass is 32.2. The van der Waals surface area contributed by atoms with Crippen molar-refractivity contribution >= 4 is 17.7 Å². The topological polar surface area (TPSA) is 56.8 Å². The Morgan fingerprint density at radius 3 is 2.46 bits per heavy atom. The summed E-state index contributed by atoms with van der Waals surface area (Å²) in [6.45, 7) is 4.03. The standard InChI is InChI=1S/C20H23NO4S/c1-5-12-26-17-9-7-6-8-15(17)20(22)21-13-14-10-11-16(23-2)19(25-4)18(14)24-3/h5-11H,1,12-13H2,2-4H3,(H,21,22). The van der Waals surface area contributed by atoms with Crippen molar-refractivity contribution in [1.29, 1.82) is 0 Å². The van der Waals surface area contributed by atoms with Gasteiger partial charge in [-0.15, -0.1) is 18.3 Å². The Hall–Kier alpha value is -2.60. The molecular weight excluding hydrogens is 350 g/mol. The van der Waals surface area contributed by atoms with Crippen molar-refractivity contribution in [1.82, 2.24) is 5.32 Å². The molecule has 0 atom stereocenters. The molecule has 5 nitrogen and oxygen atoms in total. The second-order valence-corrected chi connectivity index (χ2v) is 6.33. The van der Waals surface area contributed by atoms with Crippen LogP contribution in [0.4, 0.5) is 0 Å². The number of benzene rings is 2. The van der Waals surface area contributed by atoms with E-state index in [4.69, 9.17) is 14.2 Å². The highest BCUT2D eigenvalue weighted by Crippen LogP contribution is 2.39. The van der Waals surface area contributed by atoms with Gasteiger partial charge in [0.2, 0.25) is 5.75 Å². The summed E-state index contributed by atoms with van der Waals surface area (Å²) in [4.78, 5) is 13.6. The second-order valence-electron chi connectivity index (χ2n) is 5.27. The molecule has 0 heterocycles. The zero-order valence-electron chi connectivity index (χ0n) is 15.2. The maximum Gasteiger partial charge on any atom is 0.252 e. The van der Waals surface area contributed by atoms with Crippen LogP contribution in [-0.2, 0) is 6.54 Å². The molecule has 0 aliphatic carbocycles. The quantitative estimate of drug-likeness (QED) is 0.533. The zero-order chi connectivity index (χ0) is 18.9. The Morgan fingerprint density at radius 1 is 1.08 bits per heavy atom. The summed E-state index contributed by atoms with van der Waals surface area (Å²) in [5.41, 5.74) is 1.44. The molecule has 26 heavy (non-hydrogen) atoms. The van der Waals surface area contributed by atoms with Gasteiger partial charge in [0, 0.05) is 22.8 Å². The fourth-order valence-electron chi connectivity index (χ4n) is 2.50. The van der Waals surface area contributed by atoms with E-state index < -0.39 is 0 Å². The van der Waals surface area contributed by atoms with Crippen molar-refractivity contribution in [2.24, 2.45) is 0 Å². The highest BCUT2D eigenvalue weighted by Gasteiger charge is 2.17. The van der Waals surface area contributed by atoms with Gasteiger partial charge >= 0.3 is 0 Å². The monoisotopic (exact) mass is 373 g/mol. The number of amides is 1.